The van der Waals surface area contributed by atoms with E-state index in [1.54, 1.807) is 18.3 Å². The van der Waals surface area contributed by atoms with E-state index in [-0.39, 0.29) is 19.3 Å². The molecule has 11 heteroatoms. The average molecular weight is 793 g/mol. The molecule has 3 unspecified atom stereocenters. The highest BCUT2D eigenvalue weighted by atomic mass is 35.5. The number of nitrogens with zero attached hydrogens (tertiary/aromatic N) is 4. The molecule has 4 atom stereocenters. The molecule has 0 radical (unpaired) electrons. The Balaban J connectivity index is 1.03. The first kappa shape index (κ1) is 40.5. The van der Waals surface area contributed by atoms with E-state index in [4.69, 9.17) is 25.8 Å². The molecule has 3 fully saturated rings. The van der Waals surface area contributed by atoms with E-state index < -0.39 is 12.0 Å². The van der Waals surface area contributed by atoms with Gasteiger partial charge in [0.05, 0.1) is 23.3 Å². The van der Waals surface area contributed by atoms with Gasteiger partial charge in [0.15, 0.2) is 0 Å². The van der Waals surface area contributed by atoms with Crippen LogP contribution in [0.2, 0.25) is 5.02 Å². The number of pyridine rings is 1. The van der Waals surface area contributed by atoms with E-state index in [1.807, 2.05) is 23.1 Å². The number of aliphatic hydroxyl groups is 1. The minimum absolute atomic E-state index is 0.114. The number of nitriles is 1. The van der Waals surface area contributed by atoms with Crippen molar-refractivity contribution in [3.63, 3.8) is 0 Å². The van der Waals surface area contributed by atoms with Crippen LogP contribution >= 0.6 is 11.6 Å². The Bertz CT molecular complexity index is 2090. The van der Waals surface area contributed by atoms with Gasteiger partial charge in [0.25, 0.3) is 0 Å². The molecule has 2 saturated heterocycles. The predicted molar refractivity (Wildman–Crippen MR) is 219 cm³/mol. The smallest absolute Gasteiger partial charge is 0.320 e. The Morgan fingerprint density at radius 1 is 0.895 bits per heavy atom. The van der Waals surface area contributed by atoms with Gasteiger partial charge in [0, 0.05) is 49.2 Å². The van der Waals surface area contributed by atoms with Crippen LogP contribution in [0.3, 0.4) is 0 Å². The number of fused-ring (bicyclic) bond motifs is 1. The second kappa shape index (κ2) is 18.7. The Hall–Kier alpha value is -4.66. The average Bonchev–Trinajstić information content (AvgIpc) is 3.59. The highest BCUT2D eigenvalue weighted by Gasteiger charge is 2.37. The predicted octanol–water partition coefficient (Wildman–Crippen LogP) is 8.35. The third-order valence-electron chi connectivity index (χ3n) is 12.1. The van der Waals surface area contributed by atoms with E-state index in [1.165, 1.54) is 12.6 Å². The van der Waals surface area contributed by atoms with Crippen molar-refractivity contribution in [3.8, 4) is 34.4 Å². The fraction of sp³-hybridized carbons (Fsp3) is 0.457. The third-order valence-corrected chi connectivity index (χ3v) is 12.4. The number of likely N-dealkylation sites (tertiary alicyclic amines) is 2. The summed E-state index contributed by atoms with van der Waals surface area (Å²) in [7, 11) is 0. The van der Waals surface area contributed by atoms with E-state index >= 15 is 0 Å². The molecule has 7 rings (SSSR count). The van der Waals surface area contributed by atoms with Crippen LogP contribution in [0.4, 0.5) is 0 Å². The number of halogens is 1. The molecule has 3 aliphatic rings. The molecule has 0 spiro atoms. The molecular formula is C46H53ClN4O6. The van der Waals surface area contributed by atoms with Crippen molar-refractivity contribution in [1.82, 2.24) is 14.8 Å². The number of rotatable bonds is 15. The van der Waals surface area contributed by atoms with Crippen LogP contribution in [0.1, 0.15) is 78.3 Å². The lowest BCUT2D eigenvalue weighted by molar-refractivity contribution is -0.144. The zero-order valence-electron chi connectivity index (χ0n) is 33.0. The van der Waals surface area contributed by atoms with Crippen molar-refractivity contribution in [1.29, 1.82) is 5.26 Å². The Labute approximate surface area is 341 Å². The van der Waals surface area contributed by atoms with Gasteiger partial charge in [0.1, 0.15) is 42.6 Å². The maximum Gasteiger partial charge on any atom is 0.320 e. The maximum absolute atomic E-state index is 12.1. The van der Waals surface area contributed by atoms with E-state index in [9.17, 15) is 20.3 Å². The fourth-order valence-corrected chi connectivity index (χ4v) is 9.20. The van der Waals surface area contributed by atoms with E-state index in [0.29, 0.717) is 60.0 Å². The Morgan fingerprint density at radius 3 is 2.51 bits per heavy atom. The van der Waals surface area contributed by atoms with Gasteiger partial charge in [-0.25, -0.2) is 0 Å². The van der Waals surface area contributed by atoms with Crippen molar-refractivity contribution in [2.45, 2.75) is 90.7 Å². The van der Waals surface area contributed by atoms with Gasteiger partial charge < -0.3 is 29.3 Å². The number of benzene rings is 3. The van der Waals surface area contributed by atoms with Crippen molar-refractivity contribution in [2.24, 2.45) is 11.8 Å². The molecule has 2 N–H and O–H groups in total. The first-order chi connectivity index (χ1) is 27.7. The molecule has 0 amide bonds. The minimum atomic E-state index is -0.831. The first-order valence-electron chi connectivity index (χ1n) is 20.3. The molecule has 3 aromatic carbocycles. The highest BCUT2D eigenvalue weighted by molar-refractivity contribution is 6.32. The second-order valence-electron chi connectivity index (χ2n) is 15.9. The third kappa shape index (κ3) is 9.90. The molecule has 1 aromatic heterocycles. The van der Waals surface area contributed by atoms with Crippen LogP contribution in [0.25, 0.3) is 11.1 Å². The van der Waals surface area contributed by atoms with Crippen LogP contribution in [-0.2, 0) is 24.6 Å². The monoisotopic (exact) mass is 792 g/mol. The van der Waals surface area contributed by atoms with Gasteiger partial charge in [-0.15, -0.1) is 0 Å². The molecule has 10 nitrogen and oxygen atoms in total. The summed E-state index contributed by atoms with van der Waals surface area (Å²) in [6, 6.07) is 19.3. The lowest BCUT2D eigenvalue weighted by Gasteiger charge is -2.34. The summed E-state index contributed by atoms with van der Waals surface area (Å²) in [5, 5.41) is 29.8. The van der Waals surface area contributed by atoms with Gasteiger partial charge in [-0.05, 0) is 123 Å². The number of carbonyl (C=O) groups is 1. The zero-order chi connectivity index (χ0) is 39.9. The molecule has 2 aliphatic heterocycles. The minimum Gasteiger partial charge on any atom is -0.493 e. The van der Waals surface area contributed by atoms with Crippen molar-refractivity contribution < 1.29 is 29.2 Å². The summed E-state index contributed by atoms with van der Waals surface area (Å²) in [6.45, 7) is 9.53. The standard InChI is InChI=1S/C46H53ClN4O6/c1-30-35(8-5-9-39(30)40-10-6-12-43(31(40)2)55-17-7-14-50-16-13-34-19-38(52)20-36(34)26-50)29-57-45-22-44(56-28-33-18-32(23-48)24-49-25-33)37(21-41(45)47)27-51-15-4-3-11-42(51)46(53)54/h5-6,8-10,12,18,21-22,24-25,34,36,38,42,52H,3-4,7,11,13-17,19-20,26-29H2,1-2H3,(H,53,54)/t34?,36?,38?,42-/m0/s1. The number of ether oxygens (including phenoxy) is 3. The van der Waals surface area contributed by atoms with E-state index in [2.05, 4.69) is 54.1 Å². The lowest BCUT2D eigenvalue weighted by Crippen LogP contribution is -2.44. The number of piperidine rings is 2. The number of hydrogen-bond acceptors (Lipinski definition) is 9. The van der Waals surface area contributed by atoms with Crippen molar-refractivity contribution in [3.05, 3.63) is 105 Å². The normalized spacial score (nSPS) is 21.1. The molecule has 1 saturated carbocycles. The molecule has 1 aliphatic carbocycles. The summed E-state index contributed by atoms with van der Waals surface area (Å²) in [4.78, 5) is 20.8. The summed E-state index contributed by atoms with van der Waals surface area (Å²) in [6.07, 6.45) is 9.51. The van der Waals surface area contributed by atoms with Crippen LogP contribution in [-0.4, -0.2) is 75.9 Å². The van der Waals surface area contributed by atoms with Crippen LogP contribution in [0, 0.1) is 37.0 Å². The first-order valence-corrected chi connectivity index (χ1v) is 20.6. The van der Waals surface area contributed by atoms with Gasteiger partial charge >= 0.3 is 5.97 Å². The number of carboxylic acids is 1. The summed E-state index contributed by atoms with van der Waals surface area (Å²) >= 11 is 6.88. The number of hydrogen-bond donors (Lipinski definition) is 2. The number of aliphatic hydroxyl groups excluding tert-OH is 1. The van der Waals surface area contributed by atoms with E-state index in [0.717, 1.165) is 96.4 Å². The van der Waals surface area contributed by atoms with Crippen LogP contribution in [0.5, 0.6) is 17.2 Å². The Morgan fingerprint density at radius 2 is 1.68 bits per heavy atom. The topological polar surface area (TPSA) is 128 Å². The summed E-state index contributed by atoms with van der Waals surface area (Å²) in [5.74, 6) is 2.37. The van der Waals surface area contributed by atoms with Gasteiger partial charge in [-0.3, -0.25) is 14.7 Å². The number of carboxylic acid groups (broad SMARTS) is 1. The summed E-state index contributed by atoms with van der Waals surface area (Å²) in [5.41, 5.74) is 7.34. The van der Waals surface area contributed by atoms with Crippen LogP contribution < -0.4 is 14.2 Å². The molecule has 57 heavy (non-hydrogen) atoms. The summed E-state index contributed by atoms with van der Waals surface area (Å²) < 4.78 is 19.1. The second-order valence-corrected chi connectivity index (χ2v) is 16.3. The largest absolute Gasteiger partial charge is 0.493 e. The highest BCUT2D eigenvalue weighted by Crippen LogP contribution is 2.39. The zero-order valence-corrected chi connectivity index (χ0v) is 33.7. The molecule has 300 valence electrons. The van der Waals surface area contributed by atoms with Crippen molar-refractivity contribution in [2.75, 3.05) is 32.8 Å². The molecule has 4 aromatic rings. The molecule has 0 bridgehead atoms. The molecule has 3 heterocycles. The van der Waals surface area contributed by atoms with Gasteiger partial charge in [-0.2, -0.15) is 5.26 Å². The maximum atomic E-state index is 12.1. The lowest BCUT2D eigenvalue weighted by atomic mass is 9.89. The Kier molecular flexibility index (Phi) is 13.3. The van der Waals surface area contributed by atoms with Crippen LogP contribution in [0.15, 0.2) is 67.0 Å². The van der Waals surface area contributed by atoms with Gasteiger partial charge in [-0.1, -0.05) is 48.4 Å². The quantitative estimate of drug-likeness (QED) is 0.113. The number of aromatic nitrogens is 1. The SMILES string of the molecule is Cc1c(COc2cc(OCc3cncc(C#N)c3)c(CN3CCCC[C@H]3C(=O)O)cc2Cl)cccc1-c1cccc(OCCCN2CCC3CC(O)CC3C2)c1C. The number of aliphatic carboxylic acids is 1. The van der Waals surface area contributed by atoms with Crippen molar-refractivity contribution >= 4 is 17.6 Å². The fourth-order valence-electron chi connectivity index (χ4n) is 8.96. The van der Waals surface area contributed by atoms with Gasteiger partial charge in [0.2, 0.25) is 0 Å². The molecular weight excluding hydrogens is 740 g/mol.